The van der Waals surface area contributed by atoms with Crippen molar-refractivity contribution in [3.05, 3.63) is 0 Å². The molecule has 0 aliphatic heterocycles. The highest BCUT2D eigenvalue weighted by atomic mass is 16.5. The molecule has 1 N–H and O–H groups in total. The van der Waals surface area contributed by atoms with Crippen LogP contribution in [0.25, 0.3) is 0 Å². The van der Waals surface area contributed by atoms with Crippen LogP contribution in [0.3, 0.4) is 0 Å². The topological polar surface area (TPSA) is 49.8 Å². The van der Waals surface area contributed by atoms with Gasteiger partial charge in [0.15, 0.2) is 0 Å². The summed E-state index contributed by atoms with van der Waals surface area (Å²) in [6.45, 7) is 5.53. The van der Waals surface area contributed by atoms with Crippen molar-refractivity contribution < 1.29 is 14.6 Å². The molecule has 0 rings (SSSR count). The summed E-state index contributed by atoms with van der Waals surface area (Å²) in [4.78, 5) is 13.4. The van der Waals surface area contributed by atoms with Crippen LogP contribution in [-0.2, 0) is 9.53 Å². The average molecular weight is 231 g/mol. The van der Waals surface area contributed by atoms with Crippen molar-refractivity contribution in [1.82, 2.24) is 4.90 Å². The average Bonchev–Trinajstić information content (AvgIpc) is 2.24. The number of rotatable bonds is 9. The largest absolute Gasteiger partial charge is 0.466 e. The Balaban J connectivity index is 3.63. The van der Waals surface area contributed by atoms with Crippen LogP contribution in [0.4, 0.5) is 0 Å². The van der Waals surface area contributed by atoms with Crippen molar-refractivity contribution in [2.24, 2.45) is 0 Å². The minimum Gasteiger partial charge on any atom is -0.466 e. The minimum absolute atomic E-state index is 0.128. The van der Waals surface area contributed by atoms with E-state index in [0.29, 0.717) is 13.0 Å². The zero-order chi connectivity index (χ0) is 12.4. The van der Waals surface area contributed by atoms with E-state index < -0.39 is 0 Å². The summed E-state index contributed by atoms with van der Waals surface area (Å²) in [7, 11) is 2.02. The number of hydrogen-bond acceptors (Lipinski definition) is 4. The van der Waals surface area contributed by atoms with E-state index in [0.717, 1.165) is 25.8 Å². The third kappa shape index (κ3) is 7.65. The molecular weight excluding hydrogens is 206 g/mol. The van der Waals surface area contributed by atoms with Crippen LogP contribution in [0.15, 0.2) is 0 Å². The maximum absolute atomic E-state index is 11.3. The van der Waals surface area contributed by atoms with Gasteiger partial charge >= 0.3 is 5.97 Å². The molecule has 0 bridgehead atoms. The molecule has 96 valence electrons. The van der Waals surface area contributed by atoms with Crippen LogP contribution < -0.4 is 0 Å². The third-order valence-electron chi connectivity index (χ3n) is 2.69. The fourth-order valence-corrected chi connectivity index (χ4v) is 1.49. The van der Waals surface area contributed by atoms with E-state index in [9.17, 15) is 4.79 Å². The van der Waals surface area contributed by atoms with Crippen LogP contribution in [-0.4, -0.2) is 48.8 Å². The first-order valence-electron chi connectivity index (χ1n) is 6.08. The van der Waals surface area contributed by atoms with Gasteiger partial charge in [-0.2, -0.15) is 0 Å². The van der Waals surface area contributed by atoms with Crippen molar-refractivity contribution in [2.75, 3.05) is 26.8 Å². The Morgan fingerprint density at radius 1 is 1.38 bits per heavy atom. The highest BCUT2D eigenvalue weighted by Gasteiger charge is 2.13. The summed E-state index contributed by atoms with van der Waals surface area (Å²) in [6.07, 6.45) is 3.40. The molecule has 0 heterocycles. The molecule has 4 nitrogen and oxygen atoms in total. The van der Waals surface area contributed by atoms with Crippen molar-refractivity contribution in [2.45, 2.75) is 45.6 Å². The lowest BCUT2D eigenvalue weighted by Gasteiger charge is -2.23. The molecule has 1 unspecified atom stereocenters. The number of aliphatic hydroxyl groups excluding tert-OH is 1. The second-order valence-electron chi connectivity index (χ2n) is 4.12. The molecular formula is C12H25NO3. The number of aliphatic hydroxyl groups is 1. The SMILES string of the molecule is CCOC(=O)CC(C)N(C)CCCCCO. The van der Waals surface area contributed by atoms with Gasteiger partial charge in [-0.15, -0.1) is 0 Å². The zero-order valence-corrected chi connectivity index (χ0v) is 10.7. The van der Waals surface area contributed by atoms with Gasteiger partial charge in [0, 0.05) is 12.6 Å². The predicted molar refractivity (Wildman–Crippen MR) is 64.3 cm³/mol. The molecule has 0 saturated heterocycles. The molecule has 0 aromatic rings. The zero-order valence-electron chi connectivity index (χ0n) is 10.7. The number of esters is 1. The van der Waals surface area contributed by atoms with Gasteiger partial charge in [0.25, 0.3) is 0 Å². The lowest BCUT2D eigenvalue weighted by molar-refractivity contribution is -0.144. The monoisotopic (exact) mass is 231 g/mol. The third-order valence-corrected chi connectivity index (χ3v) is 2.69. The Hall–Kier alpha value is -0.610. The van der Waals surface area contributed by atoms with Crippen molar-refractivity contribution >= 4 is 5.97 Å². The molecule has 4 heteroatoms. The van der Waals surface area contributed by atoms with Crippen molar-refractivity contribution in [3.63, 3.8) is 0 Å². The molecule has 0 aromatic carbocycles. The number of nitrogens with zero attached hydrogens (tertiary/aromatic N) is 1. The van der Waals surface area contributed by atoms with Gasteiger partial charge in [-0.1, -0.05) is 0 Å². The molecule has 0 amide bonds. The number of carbonyl (C=O) groups excluding carboxylic acids is 1. The highest BCUT2D eigenvalue weighted by Crippen LogP contribution is 2.05. The normalized spacial score (nSPS) is 12.8. The Bertz CT molecular complexity index is 185. The van der Waals surface area contributed by atoms with Gasteiger partial charge in [-0.05, 0) is 46.7 Å². The molecule has 0 radical (unpaired) electrons. The summed E-state index contributed by atoms with van der Waals surface area (Å²) in [5.74, 6) is -0.128. The smallest absolute Gasteiger partial charge is 0.307 e. The Kier molecular flexibility index (Phi) is 9.24. The van der Waals surface area contributed by atoms with Crippen LogP contribution in [0.2, 0.25) is 0 Å². The fourth-order valence-electron chi connectivity index (χ4n) is 1.49. The Morgan fingerprint density at radius 2 is 2.06 bits per heavy atom. The van der Waals surface area contributed by atoms with Gasteiger partial charge in [0.1, 0.15) is 0 Å². The minimum atomic E-state index is -0.128. The first kappa shape index (κ1) is 15.4. The number of ether oxygens (including phenoxy) is 1. The number of unbranched alkanes of at least 4 members (excludes halogenated alkanes) is 2. The molecule has 0 fully saturated rings. The second-order valence-corrected chi connectivity index (χ2v) is 4.12. The van der Waals surface area contributed by atoms with Gasteiger partial charge in [0.05, 0.1) is 13.0 Å². The fraction of sp³-hybridized carbons (Fsp3) is 0.917. The standard InChI is InChI=1S/C12H25NO3/c1-4-16-12(15)10-11(2)13(3)8-6-5-7-9-14/h11,14H,4-10H2,1-3H3. The summed E-state index contributed by atoms with van der Waals surface area (Å²) < 4.78 is 4.91. The Labute approximate surface area is 98.6 Å². The van der Waals surface area contributed by atoms with Gasteiger partial charge in [-0.25, -0.2) is 0 Å². The van der Waals surface area contributed by atoms with E-state index in [2.05, 4.69) is 4.90 Å². The van der Waals surface area contributed by atoms with Gasteiger partial charge in [0.2, 0.25) is 0 Å². The van der Waals surface area contributed by atoms with Crippen LogP contribution in [0.5, 0.6) is 0 Å². The maximum atomic E-state index is 11.3. The van der Waals surface area contributed by atoms with Crippen molar-refractivity contribution in [1.29, 1.82) is 0 Å². The van der Waals surface area contributed by atoms with E-state index in [1.54, 1.807) is 0 Å². The number of carbonyl (C=O) groups is 1. The lowest BCUT2D eigenvalue weighted by atomic mass is 10.2. The van der Waals surface area contributed by atoms with Crippen molar-refractivity contribution in [3.8, 4) is 0 Å². The number of hydrogen-bond donors (Lipinski definition) is 1. The molecule has 1 atom stereocenters. The first-order valence-corrected chi connectivity index (χ1v) is 6.08. The van der Waals surface area contributed by atoms with Gasteiger partial charge < -0.3 is 14.7 Å². The van der Waals surface area contributed by atoms with Crippen LogP contribution in [0, 0.1) is 0 Å². The highest BCUT2D eigenvalue weighted by molar-refractivity contribution is 5.69. The van der Waals surface area contributed by atoms with Crippen LogP contribution >= 0.6 is 0 Å². The molecule has 0 aliphatic rings. The molecule has 16 heavy (non-hydrogen) atoms. The molecule has 0 spiro atoms. The molecule has 0 aromatic heterocycles. The van der Waals surface area contributed by atoms with E-state index >= 15 is 0 Å². The van der Waals surface area contributed by atoms with E-state index in [1.165, 1.54) is 0 Å². The van der Waals surface area contributed by atoms with E-state index in [1.807, 2.05) is 20.9 Å². The second kappa shape index (κ2) is 9.60. The molecule has 0 aliphatic carbocycles. The maximum Gasteiger partial charge on any atom is 0.307 e. The van der Waals surface area contributed by atoms with Crippen LogP contribution in [0.1, 0.15) is 39.5 Å². The van der Waals surface area contributed by atoms with Gasteiger partial charge in [-0.3, -0.25) is 4.79 Å². The summed E-state index contributed by atoms with van der Waals surface area (Å²) >= 11 is 0. The van der Waals surface area contributed by atoms with E-state index in [4.69, 9.17) is 9.84 Å². The lowest BCUT2D eigenvalue weighted by Crippen LogP contribution is -2.32. The molecule has 0 saturated carbocycles. The predicted octanol–water partition coefficient (Wildman–Crippen LogP) is 1.42. The quantitative estimate of drug-likeness (QED) is 0.481. The summed E-state index contributed by atoms with van der Waals surface area (Å²) in [6, 6.07) is 0.216. The summed E-state index contributed by atoms with van der Waals surface area (Å²) in [5, 5.41) is 8.64. The Morgan fingerprint density at radius 3 is 2.62 bits per heavy atom. The summed E-state index contributed by atoms with van der Waals surface area (Å²) in [5.41, 5.74) is 0. The van der Waals surface area contributed by atoms with E-state index in [-0.39, 0.29) is 18.6 Å². The first-order chi connectivity index (χ1) is 7.61.